The highest BCUT2D eigenvalue weighted by atomic mass is 32.2. The van der Waals surface area contributed by atoms with Crippen molar-refractivity contribution in [2.45, 2.75) is 18.7 Å². The van der Waals surface area contributed by atoms with Gasteiger partial charge in [0.1, 0.15) is 11.8 Å². The van der Waals surface area contributed by atoms with Crippen LogP contribution in [0.1, 0.15) is 18.1 Å². The fourth-order valence-corrected chi connectivity index (χ4v) is 3.71. The highest BCUT2D eigenvalue weighted by molar-refractivity contribution is 7.88. The van der Waals surface area contributed by atoms with Gasteiger partial charge >= 0.3 is 0 Å². The van der Waals surface area contributed by atoms with Crippen LogP contribution in [-0.2, 0) is 25.4 Å². The third-order valence-electron chi connectivity index (χ3n) is 4.32. The summed E-state index contributed by atoms with van der Waals surface area (Å²) in [5, 5.41) is 5.28. The number of sulfonamides is 1. The van der Waals surface area contributed by atoms with Crippen LogP contribution in [0, 0.1) is 0 Å². The van der Waals surface area contributed by atoms with Gasteiger partial charge in [-0.1, -0.05) is 30.3 Å². The van der Waals surface area contributed by atoms with Gasteiger partial charge in [0, 0.05) is 18.3 Å². The molecular weight excluding hydrogens is 430 g/mol. The molecule has 0 radical (unpaired) electrons. The van der Waals surface area contributed by atoms with Crippen molar-refractivity contribution in [1.29, 1.82) is 0 Å². The van der Waals surface area contributed by atoms with Crippen molar-refractivity contribution in [3.05, 3.63) is 78.4 Å². The zero-order chi connectivity index (χ0) is 23.6. The van der Waals surface area contributed by atoms with E-state index in [2.05, 4.69) is 21.9 Å². The Labute approximate surface area is 188 Å². The maximum absolute atomic E-state index is 12.3. The predicted molar refractivity (Wildman–Crippen MR) is 126 cm³/mol. The van der Waals surface area contributed by atoms with E-state index in [1.807, 2.05) is 12.1 Å². The number of ether oxygens (including phenoxy) is 1. The quantitative estimate of drug-likeness (QED) is 0.354. The molecule has 2 rings (SSSR count). The van der Waals surface area contributed by atoms with Crippen LogP contribution in [0.15, 0.2) is 67.3 Å². The van der Waals surface area contributed by atoms with Crippen molar-refractivity contribution < 1.29 is 22.7 Å². The van der Waals surface area contributed by atoms with Gasteiger partial charge in [0.25, 0.3) is 0 Å². The van der Waals surface area contributed by atoms with Crippen LogP contribution in [0.4, 0.5) is 5.69 Å². The lowest BCUT2D eigenvalue weighted by atomic mass is 10.2. The van der Waals surface area contributed by atoms with Gasteiger partial charge in [-0.25, -0.2) is 13.1 Å². The van der Waals surface area contributed by atoms with E-state index in [4.69, 9.17) is 4.74 Å². The van der Waals surface area contributed by atoms with Crippen molar-refractivity contribution in [3.63, 3.8) is 0 Å². The van der Waals surface area contributed by atoms with Crippen LogP contribution in [0.25, 0.3) is 6.08 Å². The SMILES string of the molecule is C=CCNS(=O)(=O)Cc1ccc(NC(=O)C(C)NC(=O)/C=C/c2ccc(OC)cc2)cc1. The molecule has 32 heavy (non-hydrogen) atoms. The molecule has 2 amide bonds. The zero-order valence-corrected chi connectivity index (χ0v) is 18.8. The van der Waals surface area contributed by atoms with Gasteiger partial charge in [-0.3, -0.25) is 9.59 Å². The first-order valence-corrected chi connectivity index (χ1v) is 11.5. The van der Waals surface area contributed by atoms with E-state index in [0.29, 0.717) is 11.3 Å². The van der Waals surface area contributed by atoms with Crippen molar-refractivity contribution in [3.8, 4) is 5.75 Å². The molecule has 0 heterocycles. The highest BCUT2D eigenvalue weighted by Crippen LogP contribution is 2.13. The van der Waals surface area contributed by atoms with Gasteiger partial charge < -0.3 is 15.4 Å². The number of anilines is 1. The maximum atomic E-state index is 12.3. The molecule has 9 heteroatoms. The molecule has 0 spiro atoms. The van der Waals surface area contributed by atoms with Gasteiger partial charge in [0.15, 0.2) is 0 Å². The van der Waals surface area contributed by atoms with E-state index in [1.165, 1.54) is 12.2 Å². The second-order valence-electron chi connectivity index (χ2n) is 6.92. The van der Waals surface area contributed by atoms with E-state index in [-0.39, 0.29) is 12.3 Å². The Bertz CT molecular complexity index is 1060. The predicted octanol–water partition coefficient (Wildman–Crippen LogP) is 2.46. The Morgan fingerprint density at radius 2 is 1.75 bits per heavy atom. The van der Waals surface area contributed by atoms with Gasteiger partial charge in [0.2, 0.25) is 21.8 Å². The van der Waals surface area contributed by atoms with E-state index >= 15 is 0 Å². The third-order valence-corrected chi connectivity index (χ3v) is 5.64. The average molecular weight is 458 g/mol. The van der Waals surface area contributed by atoms with Crippen LogP contribution in [0.2, 0.25) is 0 Å². The number of hydrogen-bond donors (Lipinski definition) is 3. The minimum atomic E-state index is -3.46. The summed E-state index contributed by atoms with van der Waals surface area (Å²) in [4.78, 5) is 24.4. The third kappa shape index (κ3) is 8.37. The number of carbonyl (C=O) groups is 2. The molecule has 0 saturated carbocycles. The molecule has 2 aromatic carbocycles. The number of carbonyl (C=O) groups excluding carboxylic acids is 2. The van der Waals surface area contributed by atoms with Crippen molar-refractivity contribution >= 4 is 33.6 Å². The van der Waals surface area contributed by atoms with Crippen LogP contribution in [0.3, 0.4) is 0 Å². The highest BCUT2D eigenvalue weighted by Gasteiger charge is 2.15. The Morgan fingerprint density at radius 3 is 2.34 bits per heavy atom. The number of benzene rings is 2. The number of methoxy groups -OCH3 is 1. The first-order valence-electron chi connectivity index (χ1n) is 9.83. The Balaban J connectivity index is 1.86. The Morgan fingerprint density at radius 1 is 1.09 bits per heavy atom. The number of rotatable bonds is 11. The molecule has 2 aromatic rings. The van der Waals surface area contributed by atoms with Crippen molar-refractivity contribution in [2.75, 3.05) is 19.0 Å². The summed E-state index contributed by atoms with van der Waals surface area (Å²) in [6, 6.07) is 12.9. The molecule has 0 aromatic heterocycles. The summed E-state index contributed by atoms with van der Waals surface area (Å²) < 4.78 is 31.3. The first kappa shape index (κ1) is 24.8. The second-order valence-corrected chi connectivity index (χ2v) is 8.73. The van der Waals surface area contributed by atoms with Gasteiger partial charge in [0.05, 0.1) is 12.9 Å². The fourth-order valence-electron chi connectivity index (χ4n) is 2.61. The summed E-state index contributed by atoms with van der Waals surface area (Å²) in [6.07, 6.45) is 4.45. The van der Waals surface area contributed by atoms with Gasteiger partial charge in [-0.05, 0) is 48.4 Å². The molecule has 0 aliphatic rings. The summed E-state index contributed by atoms with van der Waals surface area (Å²) in [5.74, 6) is -0.265. The first-order chi connectivity index (χ1) is 15.2. The number of nitrogens with one attached hydrogen (secondary N) is 3. The molecule has 0 bridgehead atoms. The molecule has 0 saturated heterocycles. The van der Waals surface area contributed by atoms with Crippen LogP contribution in [0.5, 0.6) is 5.75 Å². The molecule has 1 unspecified atom stereocenters. The monoisotopic (exact) mass is 457 g/mol. The minimum absolute atomic E-state index is 0.162. The van der Waals surface area contributed by atoms with Crippen LogP contribution < -0.4 is 20.1 Å². The van der Waals surface area contributed by atoms with Gasteiger partial charge in [-0.15, -0.1) is 6.58 Å². The number of amides is 2. The van der Waals surface area contributed by atoms with E-state index < -0.39 is 27.9 Å². The summed E-state index contributed by atoms with van der Waals surface area (Å²) in [7, 11) is -1.88. The molecule has 8 nitrogen and oxygen atoms in total. The largest absolute Gasteiger partial charge is 0.497 e. The summed E-state index contributed by atoms with van der Waals surface area (Å²) in [6.45, 7) is 5.20. The normalized spacial score (nSPS) is 12.2. The smallest absolute Gasteiger partial charge is 0.246 e. The maximum Gasteiger partial charge on any atom is 0.246 e. The number of hydrogen-bond acceptors (Lipinski definition) is 5. The van der Waals surface area contributed by atoms with E-state index in [0.717, 1.165) is 11.3 Å². The van der Waals surface area contributed by atoms with Crippen molar-refractivity contribution in [1.82, 2.24) is 10.0 Å². The molecular formula is C23H27N3O5S. The molecule has 1 atom stereocenters. The Kier molecular flexibility index (Phi) is 9.18. The minimum Gasteiger partial charge on any atom is -0.497 e. The van der Waals surface area contributed by atoms with Crippen LogP contribution >= 0.6 is 0 Å². The van der Waals surface area contributed by atoms with Crippen LogP contribution in [-0.4, -0.2) is 39.9 Å². The summed E-state index contributed by atoms with van der Waals surface area (Å²) >= 11 is 0. The molecule has 0 fully saturated rings. The standard InChI is InChI=1S/C23H27N3O5S/c1-4-15-24-32(29,30)16-19-5-10-20(11-6-19)26-23(28)17(2)25-22(27)14-9-18-7-12-21(31-3)13-8-18/h4-14,17,24H,1,15-16H2,2-3H3,(H,25,27)(H,26,28)/b14-9+. The lowest BCUT2D eigenvalue weighted by Crippen LogP contribution is -2.40. The van der Waals surface area contributed by atoms with Crippen molar-refractivity contribution in [2.24, 2.45) is 0 Å². The second kappa shape index (κ2) is 11.8. The van der Waals surface area contributed by atoms with E-state index in [1.54, 1.807) is 56.5 Å². The fraction of sp³-hybridized carbons (Fsp3) is 0.217. The lowest BCUT2D eigenvalue weighted by Gasteiger charge is -2.13. The lowest BCUT2D eigenvalue weighted by molar-refractivity contribution is -0.123. The molecule has 170 valence electrons. The molecule has 0 aliphatic carbocycles. The van der Waals surface area contributed by atoms with Gasteiger partial charge in [-0.2, -0.15) is 0 Å². The topological polar surface area (TPSA) is 114 Å². The summed E-state index contributed by atoms with van der Waals surface area (Å²) in [5.41, 5.74) is 1.88. The Hall–Kier alpha value is -3.43. The zero-order valence-electron chi connectivity index (χ0n) is 18.0. The average Bonchev–Trinajstić information content (AvgIpc) is 2.77. The molecule has 0 aliphatic heterocycles. The molecule has 3 N–H and O–H groups in total. The van der Waals surface area contributed by atoms with E-state index in [9.17, 15) is 18.0 Å².